The van der Waals surface area contributed by atoms with Crippen LogP contribution in [-0.2, 0) is 20.9 Å². The molecule has 4 heterocycles. The molecule has 2 amide bonds. The highest BCUT2D eigenvalue weighted by molar-refractivity contribution is 6.22. The lowest BCUT2D eigenvalue weighted by molar-refractivity contribution is -0.124. The highest BCUT2D eigenvalue weighted by Crippen LogP contribution is 2.49. The summed E-state index contributed by atoms with van der Waals surface area (Å²) in [6.45, 7) is 2.66. The Bertz CT molecular complexity index is 829. The van der Waals surface area contributed by atoms with E-state index in [1.54, 1.807) is 10.7 Å². The third kappa shape index (κ3) is 2.17. The van der Waals surface area contributed by atoms with E-state index in [0.29, 0.717) is 12.4 Å². The van der Waals surface area contributed by atoms with Crippen molar-refractivity contribution >= 4 is 17.6 Å². The van der Waals surface area contributed by atoms with E-state index in [-0.39, 0.29) is 35.9 Å². The molecule has 1 aromatic carbocycles. The smallest absolute Gasteiger partial charge is 0.241 e. The van der Waals surface area contributed by atoms with Crippen molar-refractivity contribution in [3.05, 3.63) is 47.7 Å². The van der Waals surface area contributed by atoms with Gasteiger partial charge >= 0.3 is 0 Å². The number of benzene rings is 1. The van der Waals surface area contributed by atoms with E-state index >= 15 is 0 Å². The molecule has 4 atom stereocenters. The molecule has 6 nitrogen and oxygen atoms in total. The van der Waals surface area contributed by atoms with Crippen molar-refractivity contribution in [2.75, 3.05) is 4.90 Å². The molecule has 2 aromatic rings. The predicted octanol–water partition coefficient (Wildman–Crippen LogP) is 1.91. The summed E-state index contributed by atoms with van der Waals surface area (Å²) in [5, 5.41) is 4.47. The van der Waals surface area contributed by atoms with Gasteiger partial charge in [-0.05, 0) is 25.3 Å². The lowest BCUT2D eigenvalue weighted by Gasteiger charge is -2.15. The molecule has 3 fully saturated rings. The number of carbonyl (C=O) groups excluding carboxylic acids is 2. The van der Waals surface area contributed by atoms with Crippen molar-refractivity contribution in [1.29, 1.82) is 0 Å². The number of hydrogen-bond donors (Lipinski definition) is 0. The Morgan fingerprint density at radius 3 is 2.32 bits per heavy atom. The van der Waals surface area contributed by atoms with E-state index in [9.17, 15) is 9.59 Å². The largest absolute Gasteiger partial charge is 0.373 e. The fourth-order valence-electron chi connectivity index (χ4n) is 4.38. The lowest BCUT2D eigenvalue weighted by Crippen LogP contribution is -2.34. The predicted molar refractivity (Wildman–Crippen MR) is 89.9 cm³/mol. The maximum absolute atomic E-state index is 12.8. The maximum Gasteiger partial charge on any atom is 0.241 e. The molecule has 25 heavy (non-hydrogen) atoms. The first kappa shape index (κ1) is 14.8. The molecule has 0 spiro atoms. The van der Waals surface area contributed by atoms with E-state index in [1.807, 2.05) is 13.1 Å². The van der Waals surface area contributed by atoms with Crippen LogP contribution in [0.3, 0.4) is 0 Å². The SMILES string of the molecule is Cc1ccc(Cn2ccc(N3C(=O)[C@@H]4[C@H](C3=O)[C@H]3CC[C@H]4O3)n2)cc1. The summed E-state index contributed by atoms with van der Waals surface area (Å²) >= 11 is 0. The average molecular weight is 337 g/mol. The number of nitrogens with zero attached hydrogens (tertiary/aromatic N) is 3. The van der Waals surface area contributed by atoms with Crippen LogP contribution in [0, 0.1) is 18.8 Å². The number of fused-ring (bicyclic) bond motifs is 5. The van der Waals surface area contributed by atoms with Gasteiger partial charge in [0, 0.05) is 12.3 Å². The van der Waals surface area contributed by atoms with E-state index in [2.05, 4.69) is 29.4 Å². The van der Waals surface area contributed by atoms with Gasteiger partial charge in [0.25, 0.3) is 0 Å². The summed E-state index contributed by atoms with van der Waals surface area (Å²) in [5.74, 6) is -0.497. The molecule has 1 aromatic heterocycles. The summed E-state index contributed by atoms with van der Waals surface area (Å²) < 4.78 is 7.53. The Morgan fingerprint density at radius 2 is 1.68 bits per heavy atom. The first-order valence-electron chi connectivity index (χ1n) is 8.74. The van der Waals surface area contributed by atoms with Crippen LogP contribution in [-0.4, -0.2) is 33.8 Å². The van der Waals surface area contributed by atoms with Gasteiger partial charge < -0.3 is 4.74 Å². The molecule has 0 N–H and O–H groups in total. The van der Waals surface area contributed by atoms with Crippen molar-refractivity contribution in [3.63, 3.8) is 0 Å². The highest BCUT2D eigenvalue weighted by Gasteiger charge is 2.63. The zero-order valence-electron chi connectivity index (χ0n) is 14.0. The van der Waals surface area contributed by atoms with Crippen LogP contribution in [0.5, 0.6) is 0 Å². The second-order valence-electron chi connectivity index (χ2n) is 7.21. The van der Waals surface area contributed by atoms with E-state index < -0.39 is 0 Å². The quantitative estimate of drug-likeness (QED) is 0.803. The summed E-state index contributed by atoms with van der Waals surface area (Å²) in [7, 11) is 0. The van der Waals surface area contributed by atoms with Crippen molar-refractivity contribution < 1.29 is 14.3 Å². The normalized spacial score (nSPS) is 30.4. The standard InChI is InChI=1S/C19H19N3O3/c1-11-2-4-12(5-3-11)10-21-9-8-15(20-21)22-18(23)16-13-6-7-14(25-13)17(16)19(22)24/h2-5,8-9,13-14,16-17H,6-7,10H2,1H3/t13-,14-,16-,17+/m1/s1. The Kier molecular flexibility index (Phi) is 3.12. The number of carbonyl (C=O) groups is 2. The molecule has 0 unspecified atom stereocenters. The number of ether oxygens (including phenoxy) is 1. The minimum absolute atomic E-state index is 0.0916. The van der Waals surface area contributed by atoms with Crippen LogP contribution < -0.4 is 4.90 Å². The Hall–Kier alpha value is -2.47. The van der Waals surface area contributed by atoms with E-state index in [1.165, 1.54) is 10.5 Å². The number of imide groups is 1. The van der Waals surface area contributed by atoms with Gasteiger partial charge in [0.05, 0.1) is 30.6 Å². The molecular formula is C19H19N3O3. The van der Waals surface area contributed by atoms with Crippen molar-refractivity contribution in [2.45, 2.75) is 38.5 Å². The van der Waals surface area contributed by atoms with Crippen LogP contribution in [0.2, 0.25) is 0 Å². The second-order valence-corrected chi connectivity index (χ2v) is 7.21. The van der Waals surface area contributed by atoms with Crippen molar-refractivity contribution in [3.8, 4) is 0 Å². The summed E-state index contributed by atoms with van der Waals surface area (Å²) in [6.07, 6.45) is 3.38. The molecule has 0 radical (unpaired) electrons. The van der Waals surface area contributed by atoms with Crippen LogP contribution in [0.25, 0.3) is 0 Å². The van der Waals surface area contributed by atoms with Crippen LogP contribution in [0.1, 0.15) is 24.0 Å². The van der Waals surface area contributed by atoms with Gasteiger partial charge in [-0.15, -0.1) is 0 Å². The zero-order chi connectivity index (χ0) is 17.1. The van der Waals surface area contributed by atoms with Gasteiger partial charge in [-0.1, -0.05) is 29.8 Å². The Labute approximate surface area is 145 Å². The third-order valence-electron chi connectivity index (χ3n) is 5.61. The number of anilines is 1. The number of amides is 2. The van der Waals surface area contributed by atoms with Gasteiger partial charge in [0.15, 0.2) is 5.82 Å². The van der Waals surface area contributed by atoms with Crippen LogP contribution >= 0.6 is 0 Å². The van der Waals surface area contributed by atoms with Crippen molar-refractivity contribution in [2.24, 2.45) is 11.8 Å². The fourth-order valence-corrected chi connectivity index (χ4v) is 4.38. The number of rotatable bonds is 3. The first-order chi connectivity index (χ1) is 12.1. The molecule has 6 heteroatoms. The van der Waals surface area contributed by atoms with Gasteiger partial charge in [-0.3, -0.25) is 14.3 Å². The van der Waals surface area contributed by atoms with Crippen LogP contribution in [0.15, 0.2) is 36.5 Å². The van der Waals surface area contributed by atoms with E-state index in [0.717, 1.165) is 18.4 Å². The van der Waals surface area contributed by atoms with Gasteiger partial charge in [-0.2, -0.15) is 5.10 Å². The highest BCUT2D eigenvalue weighted by atomic mass is 16.5. The molecule has 0 aliphatic carbocycles. The summed E-state index contributed by atoms with van der Waals surface area (Å²) in [5.41, 5.74) is 2.34. The van der Waals surface area contributed by atoms with Gasteiger partial charge in [0.2, 0.25) is 11.8 Å². The molecule has 5 rings (SSSR count). The van der Waals surface area contributed by atoms with Gasteiger partial charge in [-0.25, -0.2) is 4.90 Å². The molecule has 3 saturated heterocycles. The molecular weight excluding hydrogens is 318 g/mol. The number of aromatic nitrogens is 2. The topological polar surface area (TPSA) is 64.4 Å². The number of hydrogen-bond acceptors (Lipinski definition) is 4. The Balaban J connectivity index is 1.39. The minimum Gasteiger partial charge on any atom is -0.373 e. The monoisotopic (exact) mass is 337 g/mol. The third-order valence-corrected chi connectivity index (χ3v) is 5.61. The minimum atomic E-state index is -0.312. The fraction of sp³-hybridized carbons (Fsp3) is 0.421. The van der Waals surface area contributed by atoms with Crippen LogP contribution in [0.4, 0.5) is 5.82 Å². The Morgan fingerprint density at radius 1 is 1.04 bits per heavy atom. The van der Waals surface area contributed by atoms with E-state index in [4.69, 9.17) is 4.74 Å². The molecule has 0 saturated carbocycles. The maximum atomic E-state index is 12.8. The van der Waals surface area contributed by atoms with Gasteiger partial charge in [0.1, 0.15) is 0 Å². The number of aryl methyl sites for hydroxylation is 1. The molecule has 128 valence electrons. The molecule has 3 aliphatic heterocycles. The second kappa shape index (κ2) is 5.26. The molecule has 3 aliphatic rings. The molecule has 2 bridgehead atoms. The summed E-state index contributed by atoms with van der Waals surface area (Å²) in [6, 6.07) is 9.98. The van der Waals surface area contributed by atoms with Crippen molar-refractivity contribution in [1.82, 2.24) is 9.78 Å². The first-order valence-corrected chi connectivity index (χ1v) is 8.74. The summed E-state index contributed by atoms with van der Waals surface area (Å²) in [4.78, 5) is 26.8. The zero-order valence-corrected chi connectivity index (χ0v) is 14.0. The average Bonchev–Trinajstić information content (AvgIpc) is 3.35. The lowest BCUT2D eigenvalue weighted by atomic mass is 9.81.